The van der Waals surface area contributed by atoms with E-state index in [1.807, 2.05) is 29.5 Å². The number of alkyl halides is 1. The zero-order valence-corrected chi connectivity index (χ0v) is 11.8. The Labute approximate surface area is 109 Å². The van der Waals surface area contributed by atoms with Gasteiger partial charge in [-0.2, -0.15) is 0 Å². The van der Waals surface area contributed by atoms with E-state index in [4.69, 9.17) is 4.74 Å². The van der Waals surface area contributed by atoms with Crippen molar-refractivity contribution in [1.29, 1.82) is 0 Å². The number of unbranched alkanes of at least 4 members (excludes halogenated alkanes) is 1. The normalized spacial score (nSPS) is 11.7. The minimum Gasteiger partial charge on any atom is -0.469 e. The summed E-state index contributed by atoms with van der Waals surface area (Å²) in [6, 6.07) is 0. The lowest BCUT2D eigenvalue weighted by Gasteiger charge is -2.11. The minimum absolute atomic E-state index is 0.120. The number of carbonyl (C=O) groups is 2. The summed E-state index contributed by atoms with van der Waals surface area (Å²) in [6.45, 7) is 2.46. The van der Waals surface area contributed by atoms with Gasteiger partial charge in [-0.15, -0.1) is 0 Å². The third kappa shape index (κ3) is 8.75. The Morgan fingerprint density at radius 3 is 2.69 bits per heavy atom. The Bertz CT molecular complexity index is 223. The standard InChI is InChI=1S/C10H18INO4/c1-3-4-7-16-10(14)12-8(11)5-6-9(13)15-2/h8H,3-7H2,1-2H3,(H,12,14). The van der Waals surface area contributed by atoms with Crippen LogP contribution in [0, 0.1) is 0 Å². The van der Waals surface area contributed by atoms with Crippen molar-refractivity contribution >= 4 is 34.7 Å². The number of hydrogen-bond acceptors (Lipinski definition) is 4. The molecule has 0 aliphatic heterocycles. The highest BCUT2D eigenvalue weighted by atomic mass is 127. The van der Waals surface area contributed by atoms with Crippen molar-refractivity contribution in [3.63, 3.8) is 0 Å². The van der Waals surface area contributed by atoms with Crippen LogP contribution in [-0.2, 0) is 14.3 Å². The van der Waals surface area contributed by atoms with Gasteiger partial charge in [-0.1, -0.05) is 35.9 Å². The highest BCUT2D eigenvalue weighted by molar-refractivity contribution is 14.1. The van der Waals surface area contributed by atoms with Gasteiger partial charge in [0.05, 0.1) is 17.8 Å². The first-order valence-electron chi connectivity index (χ1n) is 5.24. The molecule has 0 aliphatic rings. The van der Waals surface area contributed by atoms with E-state index in [0.29, 0.717) is 19.4 Å². The molecule has 5 nitrogen and oxygen atoms in total. The highest BCUT2D eigenvalue weighted by Crippen LogP contribution is 2.06. The summed E-state index contributed by atoms with van der Waals surface area (Å²) in [6.07, 6.45) is 2.25. The predicted octanol–water partition coefficient (Wildman–Crippen LogP) is 2.23. The molecule has 16 heavy (non-hydrogen) atoms. The van der Waals surface area contributed by atoms with E-state index in [0.717, 1.165) is 12.8 Å². The summed E-state index contributed by atoms with van der Waals surface area (Å²) in [5, 5.41) is 2.64. The van der Waals surface area contributed by atoms with Crippen LogP contribution in [0.1, 0.15) is 32.6 Å². The summed E-state index contributed by atoms with van der Waals surface area (Å²) in [5.74, 6) is -0.275. The van der Waals surface area contributed by atoms with Crippen LogP contribution >= 0.6 is 22.6 Å². The number of nitrogens with one attached hydrogen (secondary N) is 1. The maximum absolute atomic E-state index is 11.2. The molecule has 0 fully saturated rings. The number of rotatable bonds is 7. The summed E-state index contributed by atoms with van der Waals surface area (Å²) in [4.78, 5) is 22.0. The molecule has 0 spiro atoms. The van der Waals surface area contributed by atoms with Crippen LogP contribution in [0.3, 0.4) is 0 Å². The Kier molecular flexibility index (Phi) is 9.36. The average molecular weight is 343 g/mol. The molecule has 1 unspecified atom stereocenters. The second kappa shape index (κ2) is 9.68. The third-order valence-corrected chi connectivity index (χ3v) is 2.77. The molecule has 0 rings (SSSR count). The zero-order chi connectivity index (χ0) is 12.4. The van der Waals surface area contributed by atoms with Crippen LogP contribution in [0.4, 0.5) is 4.79 Å². The molecule has 0 aromatic heterocycles. The number of amides is 1. The molecule has 0 saturated carbocycles. The van der Waals surface area contributed by atoms with E-state index in [9.17, 15) is 9.59 Å². The Morgan fingerprint density at radius 2 is 2.12 bits per heavy atom. The minimum atomic E-state index is -0.433. The highest BCUT2D eigenvalue weighted by Gasteiger charge is 2.11. The fourth-order valence-corrected chi connectivity index (χ4v) is 1.46. The van der Waals surface area contributed by atoms with Crippen LogP contribution in [0.25, 0.3) is 0 Å². The number of alkyl carbamates (subject to hydrolysis) is 1. The van der Waals surface area contributed by atoms with E-state index in [1.165, 1.54) is 7.11 Å². The number of esters is 1. The van der Waals surface area contributed by atoms with Gasteiger partial charge < -0.3 is 14.8 Å². The van der Waals surface area contributed by atoms with Gasteiger partial charge in [-0.25, -0.2) is 4.79 Å². The Balaban J connectivity index is 3.57. The molecular formula is C10H18INO4. The van der Waals surface area contributed by atoms with Gasteiger partial charge in [0.2, 0.25) is 0 Å². The number of methoxy groups -OCH3 is 1. The average Bonchev–Trinajstić information content (AvgIpc) is 2.26. The van der Waals surface area contributed by atoms with Gasteiger partial charge in [-0.3, -0.25) is 4.79 Å². The van der Waals surface area contributed by atoms with Crippen LogP contribution in [0.5, 0.6) is 0 Å². The van der Waals surface area contributed by atoms with Crippen LogP contribution in [-0.4, -0.2) is 29.8 Å². The van der Waals surface area contributed by atoms with Crippen molar-refractivity contribution in [3.05, 3.63) is 0 Å². The first kappa shape index (κ1) is 15.5. The van der Waals surface area contributed by atoms with Gasteiger partial charge in [0.15, 0.2) is 0 Å². The quantitative estimate of drug-likeness (QED) is 0.253. The largest absolute Gasteiger partial charge is 0.469 e. The molecule has 0 aromatic rings. The van der Waals surface area contributed by atoms with Crippen LogP contribution in [0.2, 0.25) is 0 Å². The van der Waals surface area contributed by atoms with Crippen molar-refractivity contribution in [2.24, 2.45) is 0 Å². The maximum Gasteiger partial charge on any atom is 0.407 e. The molecule has 6 heteroatoms. The van der Waals surface area contributed by atoms with Crippen molar-refractivity contribution < 1.29 is 19.1 Å². The maximum atomic E-state index is 11.2. The second-order valence-corrected chi connectivity index (χ2v) is 4.72. The summed E-state index contributed by atoms with van der Waals surface area (Å²) < 4.78 is 9.29. The topological polar surface area (TPSA) is 64.6 Å². The first-order chi connectivity index (χ1) is 7.60. The Hall–Kier alpha value is -0.530. The van der Waals surface area contributed by atoms with Gasteiger partial charge >= 0.3 is 12.1 Å². The SMILES string of the molecule is CCCCOC(=O)NC(I)CCC(=O)OC. The van der Waals surface area contributed by atoms with Crippen molar-refractivity contribution in [2.75, 3.05) is 13.7 Å². The lowest BCUT2D eigenvalue weighted by molar-refractivity contribution is -0.140. The predicted molar refractivity (Wildman–Crippen MR) is 68.4 cm³/mol. The van der Waals surface area contributed by atoms with Gasteiger partial charge in [0.1, 0.15) is 0 Å². The Morgan fingerprint density at radius 1 is 1.44 bits per heavy atom. The third-order valence-electron chi connectivity index (χ3n) is 1.84. The number of halogens is 1. The summed E-state index contributed by atoms with van der Waals surface area (Å²) in [7, 11) is 1.34. The number of hydrogen-bond donors (Lipinski definition) is 1. The van der Waals surface area contributed by atoms with Crippen LogP contribution < -0.4 is 5.32 Å². The first-order valence-corrected chi connectivity index (χ1v) is 6.48. The second-order valence-electron chi connectivity index (χ2n) is 3.22. The lowest BCUT2D eigenvalue weighted by Crippen LogP contribution is -2.31. The van der Waals surface area contributed by atoms with Crippen LogP contribution in [0.15, 0.2) is 0 Å². The molecule has 0 bridgehead atoms. The summed E-state index contributed by atoms with van der Waals surface area (Å²) >= 11 is 2.05. The summed E-state index contributed by atoms with van der Waals surface area (Å²) in [5.41, 5.74) is 0. The fourth-order valence-electron chi connectivity index (χ4n) is 0.898. The molecule has 0 heterocycles. The lowest BCUT2D eigenvalue weighted by atomic mass is 10.3. The van der Waals surface area contributed by atoms with Gasteiger partial charge in [-0.05, 0) is 12.8 Å². The van der Waals surface area contributed by atoms with Gasteiger partial charge in [0, 0.05) is 6.42 Å². The van der Waals surface area contributed by atoms with E-state index in [1.54, 1.807) is 0 Å². The molecule has 94 valence electrons. The zero-order valence-electron chi connectivity index (χ0n) is 9.62. The van der Waals surface area contributed by atoms with Crippen molar-refractivity contribution in [2.45, 2.75) is 36.7 Å². The molecule has 0 aromatic carbocycles. The molecule has 1 amide bonds. The van der Waals surface area contributed by atoms with Gasteiger partial charge in [0.25, 0.3) is 0 Å². The molecule has 1 atom stereocenters. The smallest absolute Gasteiger partial charge is 0.407 e. The molecule has 0 aliphatic carbocycles. The number of ether oxygens (including phenoxy) is 2. The molecule has 0 radical (unpaired) electrons. The molecular weight excluding hydrogens is 325 g/mol. The van der Waals surface area contributed by atoms with E-state index in [-0.39, 0.29) is 10.0 Å². The van der Waals surface area contributed by atoms with Crippen molar-refractivity contribution in [1.82, 2.24) is 5.32 Å². The number of carbonyl (C=O) groups excluding carboxylic acids is 2. The monoisotopic (exact) mass is 343 g/mol. The molecule has 0 saturated heterocycles. The van der Waals surface area contributed by atoms with E-state index >= 15 is 0 Å². The van der Waals surface area contributed by atoms with Crippen molar-refractivity contribution in [3.8, 4) is 0 Å². The fraction of sp³-hybridized carbons (Fsp3) is 0.800. The van der Waals surface area contributed by atoms with E-state index < -0.39 is 6.09 Å². The molecule has 1 N–H and O–H groups in total. The van der Waals surface area contributed by atoms with E-state index in [2.05, 4.69) is 10.1 Å².